The number of nitrogens with one attached hydrogen (secondary N) is 1. The first-order chi connectivity index (χ1) is 9.41. The van der Waals surface area contributed by atoms with Gasteiger partial charge in [-0.2, -0.15) is 13.2 Å². The third-order valence-electron chi connectivity index (χ3n) is 3.73. The van der Waals surface area contributed by atoms with Crippen LogP contribution in [0.25, 0.3) is 0 Å². The predicted molar refractivity (Wildman–Crippen MR) is 68.6 cm³/mol. The topological polar surface area (TPSA) is 38.0 Å². The van der Waals surface area contributed by atoms with E-state index in [1.54, 1.807) is 0 Å². The fraction of sp³-hybridized carbons (Fsp3) is 0.571. The van der Waals surface area contributed by atoms with Gasteiger partial charge in [0.25, 0.3) is 0 Å². The lowest BCUT2D eigenvalue weighted by atomic mass is 10.0. The van der Waals surface area contributed by atoms with Crippen LogP contribution in [0.5, 0.6) is 0 Å². The number of hydrogen-bond donors (Lipinski definition) is 2. The Labute approximate surface area is 115 Å². The normalized spacial score (nSPS) is 18.4. The van der Waals surface area contributed by atoms with Gasteiger partial charge in [0, 0.05) is 18.6 Å². The summed E-state index contributed by atoms with van der Waals surface area (Å²) in [5, 5.41) is 3.27. The van der Waals surface area contributed by atoms with Crippen molar-refractivity contribution in [3.8, 4) is 0 Å². The van der Waals surface area contributed by atoms with Gasteiger partial charge in [0.1, 0.15) is 5.82 Å². The van der Waals surface area contributed by atoms with Crippen molar-refractivity contribution in [1.29, 1.82) is 0 Å². The number of nitrogens with two attached hydrogens (primary N) is 1. The van der Waals surface area contributed by atoms with Gasteiger partial charge in [-0.3, -0.25) is 0 Å². The van der Waals surface area contributed by atoms with E-state index in [9.17, 15) is 17.6 Å². The lowest BCUT2D eigenvalue weighted by Gasteiger charge is -2.23. The summed E-state index contributed by atoms with van der Waals surface area (Å²) in [6, 6.07) is 2.98. The van der Waals surface area contributed by atoms with E-state index in [1.807, 2.05) is 0 Å². The SMILES string of the molecule is NCC(NC1CCCC1)c1ccc(F)c(C(F)(F)F)c1. The molecule has 112 valence electrons. The summed E-state index contributed by atoms with van der Waals surface area (Å²) < 4.78 is 51.4. The van der Waals surface area contributed by atoms with Gasteiger partial charge >= 0.3 is 6.18 Å². The molecule has 1 aromatic rings. The van der Waals surface area contributed by atoms with Crippen molar-refractivity contribution in [3.63, 3.8) is 0 Å². The molecule has 2 nitrogen and oxygen atoms in total. The second kappa shape index (κ2) is 6.10. The Bertz CT molecular complexity index is 453. The van der Waals surface area contributed by atoms with Gasteiger partial charge < -0.3 is 11.1 Å². The summed E-state index contributed by atoms with van der Waals surface area (Å²) in [6.45, 7) is 0.180. The third-order valence-corrected chi connectivity index (χ3v) is 3.73. The molecule has 0 saturated heterocycles. The Morgan fingerprint density at radius 1 is 1.25 bits per heavy atom. The van der Waals surface area contributed by atoms with E-state index in [1.165, 1.54) is 6.07 Å². The van der Waals surface area contributed by atoms with E-state index in [0.717, 1.165) is 37.8 Å². The van der Waals surface area contributed by atoms with Crippen LogP contribution in [0.15, 0.2) is 18.2 Å². The summed E-state index contributed by atoms with van der Waals surface area (Å²) in [4.78, 5) is 0. The number of rotatable bonds is 4. The minimum absolute atomic E-state index is 0.180. The summed E-state index contributed by atoms with van der Waals surface area (Å²) in [7, 11) is 0. The Kier molecular flexibility index (Phi) is 4.65. The molecule has 0 aromatic heterocycles. The highest BCUT2D eigenvalue weighted by Gasteiger charge is 2.34. The summed E-state index contributed by atoms with van der Waals surface area (Å²) in [5.74, 6) is -1.25. The van der Waals surface area contributed by atoms with Crippen LogP contribution in [0.1, 0.15) is 42.9 Å². The molecule has 1 aliphatic rings. The van der Waals surface area contributed by atoms with Gasteiger partial charge in [-0.1, -0.05) is 18.9 Å². The third kappa shape index (κ3) is 3.49. The molecule has 0 aliphatic heterocycles. The van der Waals surface area contributed by atoms with Crippen molar-refractivity contribution in [2.24, 2.45) is 5.73 Å². The molecule has 1 aromatic carbocycles. The maximum absolute atomic E-state index is 13.3. The fourth-order valence-electron chi connectivity index (χ4n) is 2.65. The average Bonchev–Trinajstić information content (AvgIpc) is 2.88. The minimum atomic E-state index is -4.69. The molecule has 0 bridgehead atoms. The van der Waals surface area contributed by atoms with Crippen LogP contribution in [-0.2, 0) is 6.18 Å². The smallest absolute Gasteiger partial charge is 0.329 e. The summed E-state index contributed by atoms with van der Waals surface area (Å²) in [5.41, 5.74) is 4.79. The maximum Gasteiger partial charge on any atom is 0.419 e. The molecule has 2 rings (SSSR count). The quantitative estimate of drug-likeness (QED) is 0.834. The van der Waals surface area contributed by atoms with E-state index in [4.69, 9.17) is 5.73 Å². The molecule has 1 aliphatic carbocycles. The Balaban J connectivity index is 2.21. The van der Waals surface area contributed by atoms with Crippen molar-refractivity contribution in [3.05, 3.63) is 35.1 Å². The van der Waals surface area contributed by atoms with Crippen molar-refractivity contribution >= 4 is 0 Å². The molecule has 0 radical (unpaired) electrons. The molecular weight excluding hydrogens is 272 g/mol. The maximum atomic E-state index is 13.3. The van der Waals surface area contributed by atoms with Gasteiger partial charge in [0.15, 0.2) is 0 Å². The first-order valence-corrected chi connectivity index (χ1v) is 6.74. The lowest BCUT2D eigenvalue weighted by Crippen LogP contribution is -2.35. The number of benzene rings is 1. The summed E-state index contributed by atoms with van der Waals surface area (Å²) in [6.07, 6.45) is -0.446. The molecule has 20 heavy (non-hydrogen) atoms. The summed E-state index contributed by atoms with van der Waals surface area (Å²) >= 11 is 0. The van der Waals surface area contributed by atoms with Gasteiger partial charge in [-0.25, -0.2) is 4.39 Å². The van der Waals surface area contributed by atoms with Gasteiger partial charge in [0.2, 0.25) is 0 Å². The number of alkyl halides is 3. The Morgan fingerprint density at radius 2 is 1.90 bits per heavy atom. The fourth-order valence-corrected chi connectivity index (χ4v) is 2.65. The molecule has 1 fully saturated rings. The zero-order valence-electron chi connectivity index (χ0n) is 11.0. The highest BCUT2D eigenvalue weighted by atomic mass is 19.4. The van der Waals surface area contributed by atoms with E-state index in [2.05, 4.69) is 5.32 Å². The first-order valence-electron chi connectivity index (χ1n) is 6.74. The van der Waals surface area contributed by atoms with Crippen LogP contribution in [0.2, 0.25) is 0 Å². The molecule has 6 heteroatoms. The molecule has 1 unspecified atom stereocenters. The second-order valence-corrected chi connectivity index (χ2v) is 5.17. The van der Waals surface area contributed by atoms with Gasteiger partial charge in [-0.05, 0) is 30.5 Å². The first kappa shape index (κ1) is 15.3. The standard InChI is InChI=1S/C14H18F4N2/c15-12-6-5-9(7-11(12)14(16,17)18)13(8-19)20-10-3-1-2-4-10/h5-7,10,13,20H,1-4,8,19H2. The zero-order valence-corrected chi connectivity index (χ0v) is 11.0. The van der Waals surface area contributed by atoms with E-state index >= 15 is 0 Å². The molecule has 0 heterocycles. The van der Waals surface area contributed by atoms with Crippen molar-refractivity contribution in [2.75, 3.05) is 6.54 Å². The predicted octanol–water partition coefficient (Wildman–Crippen LogP) is 3.38. The number of hydrogen-bond acceptors (Lipinski definition) is 2. The van der Waals surface area contributed by atoms with Crippen LogP contribution >= 0.6 is 0 Å². The van der Waals surface area contributed by atoms with Crippen LogP contribution in [0.3, 0.4) is 0 Å². The number of halogens is 4. The largest absolute Gasteiger partial charge is 0.419 e. The monoisotopic (exact) mass is 290 g/mol. The average molecular weight is 290 g/mol. The molecule has 0 spiro atoms. The highest BCUT2D eigenvalue weighted by Crippen LogP contribution is 2.33. The second-order valence-electron chi connectivity index (χ2n) is 5.17. The Hall–Kier alpha value is -1.14. The van der Waals surface area contributed by atoms with E-state index < -0.39 is 17.6 Å². The van der Waals surface area contributed by atoms with Crippen molar-refractivity contribution in [1.82, 2.24) is 5.32 Å². The van der Waals surface area contributed by atoms with Gasteiger partial charge in [0.05, 0.1) is 5.56 Å². The van der Waals surface area contributed by atoms with E-state index in [0.29, 0.717) is 5.56 Å². The zero-order chi connectivity index (χ0) is 14.8. The molecular formula is C14H18F4N2. The van der Waals surface area contributed by atoms with Crippen molar-refractivity contribution in [2.45, 2.75) is 43.9 Å². The Morgan fingerprint density at radius 3 is 2.45 bits per heavy atom. The molecule has 0 amide bonds. The van der Waals surface area contributed by atoms with Crippen LogP contribution in [-0.4, -0.2) is 12.6 Å². The van der Waals surface area contributed by atoms with Gasteiger partial charge in [-0.15, -0.1) is 0 Å². The molecule has 3 N–H and O–H groups in total. The van der Waals surface area contributed by atoms with Crippen LogP contribution in [0, 0.1) is 5.82 Å². The highest BCUT2D eigenvalue weighted by molar-refractivity contribution is 5.29. The van der Waals surface area contributed by atoms with Crippen LogP contribution in [0.4, 0.5) is 17.6 Å². The minimum Gasteiger partial charge on any atom is -0.329 e. The molecule has 1 saturated carbocycles. The van der Waals surface area contributed by atoms with E-state index in [-0.39, 0.29) is 18.6 Å². The molecule has 1 atom stereocenters. The lowest BCUT2D eigenvalue weighted by molar-refractivity contribution is -0.140. The van der Waals surface area contributed by atoms with Crippen molar-refractivity contribution < 1.29 is 17.6 Å². The van der Waals surface area contributed by atoms with Crippen LogP contribution < -0.4 is 11.1 Å².